The van der Waals surface area contributed by atoms with Crippen molar-refractivity contribution < 1.29 is 4.74 Å². The van der Waals surface area contributed by atoms with Crippen LogP contribution in [0.3, 0.4) is 0 Å². The molecule has 2 heteroatoms. The van der Waals surface area contributed by atoms with Crippen molar-refractivity contribution in [2.24, 2.45) is 0 Å². The molecule has 0 saturated carbocycles. The number of ether oxygens (including phenoxy) is 1. The third-order valence-electron chi connectivity index (χ3n) is 2.93. The zero-order chi connectivity index (χ0) is 10.8. The molecule has 1 aliphatic rings. The molecule has 82 valence electrons. The van der Waals surface area contributed by atoms with Crippen LogP contribution in [0.4, 0.5) is 5.69 Å². The Bertz CT molecular complexity index is 348. The predicted octanol–water partition coefficient (Wildman–Crippen LogP) is 2.53. The van der Waals surface area contributed by atoms with Gasteiger partial charge in [0.2, 0.25) is 0 Å². The van der Waals surface area contributed by atoms with E-state index in [1.165, 1.54) is 16.8 Å². The first-order valence-electron chi connectivity index (χ1n) is 5.60. The Kier molecular flexibility index (Phi) is 2.96. The Labute approximate surface area is 91.9 Å². The highest BCUT2D eigenvalue weighted by atomic mass is 16.5. The van der Waals surface area contributed by atoms with Crippen molar-refractivity contribution in [3.05, 3.63) is 29.3 Å². The van der Waals surface area contributed by atoms with E-state index >= 15 is 0 Å². The van der Waals surface area contributed by atoms with Gasteiger partial charge in [-0.15, -0.1) is 0 Å². The van der Waals surface area contributed by atoms with Gasteiger partial charge in [-0.25, -0.2) is 0 Å². The van der Waals surface area contributed by atoms with Crippen molar-refractivity contribution in [1.29, 1.82) is 0 Å². The Morgan fingerprint density at radius 2 is 2.13 bits per heavy atom. The van der Waals surface area contributed by atoms with E-state index in [1.807, 2.05) is 0 Å². The van der Waals surface area contributed by atoms with E-state index in [1.54, 1.807) is 0 Å². The van der Waals surface area contributed by atoms with Crippen LogP contribution < -0.4 is 4.90 Å². The number of morpholine rings is 1. The molecular weight excluding hydrogens is 186 g/mol. The minimum absolute atomic E-state index is 0.347. The van der Waals surface area contributed by atoms with Gasteiger partial charge in [0.1, 0.15) is 0 Å². The van der Waals surface area contributed by atoms with Crippen molar-refractivity contribution in [1.82, 2.24) is 0 Å². The van der Waals surface area contributed by atoms with Crippen LogP contribution in [0.5, 0.6) is 0 Å². The molecule has 2 nitrogen and oxygen atoms in total. The van der Waals surface area contributed by atoms with Crippen molar-refractivity contribution in [2.75, 3.05) is 24.6 Å². The fourth-order valence-corrected chi connectivity index (χ4v) is 2.20. The topological polar surface area (TPSA) is 12.5 Å². The minimum atomic E-state index is 0.347. The number of rotatable bonds is 1. The molecule has 1 saturated heterocycles. The van der Waals surface area contributed by atoms with Crippen LogP contribution in [-0.2, 0) is 4.74 Å². The molecule has 2 rings (SSSR count). The molecule has 1 aromatic carbocycles. The summed E-state index contributed by atoms with van der Waals surface area (Å²) in [5.74, 6) is 0. The first kappa shape index (κ1) is 10.5. The molecule has 1 atom stereocenters. The lowest BCUT2D eigenvalue weighted by molar-refractivity contribution is 0.0532. The largest absolute Gasteiger partial charge is 0.375 e. The Morgan fingerprint density at radius 1 is 1.33 bits per heavy atom. The van der Waals surface area contributed by atoms with Gasteiger partial charge in [0.25, 0.3) is 0 Å². The van der Waals surface area contributed by atoms with Crippen LogP contribution in [0.25, 0.3) is 0 Å². The van der Waals surface area contributed by atoms with Gasteiger partial charge in [0.05, 0.1) is 12.7 Å². The Morgan fingerprint density at radius 3 is 2.80 bits per heavy atom. The van der Waals surface area contributed by atoms with Crippen molar-refractivity contribution in [3.63, 3.8) is 0 Å². The Balaban J connectivity index is 2.21. The number of hydrogen-bond acceptors (Lipinski definition) is 2. The third kappa shape index (κ3) is 2.32. The van der Waals surface area contributed by atoms with Gasteiger partial charge in [-0.05, 0) is 32.4 Å². The van der Waals surface area contributed by atoms with E-state index in [2.05, 4.69) is 43.9 Å². The van der Waals surface area contributed by atoms with Gasteiger partial charge in [-0.2, -0.15) is 0 Å². The first-order chi connectivity index (χ1) is 7.16. The van der Waals surface area contributed by atoms with Gasteiger partial charge in [-0.1, -0.05) is 17.7 Å². The zero-order valence-corrected chi connectivity index (χ0v) is 9.79. The molecule has 1 aliphatic heterocycles. The van der Waals surface area contributed by atoms with E-state index in [0.717, 1.165) is 19.7 Å². The summed E-state index contributed by atoms with van der Waals surface area (Å²) in [5, 5.41) is 0. The summed E-state index contributed by atoms with van der Waals surface area (Å²) in [6.45, 7) is 9.31. The van der Waals surface area contributed by atoms with Crippen LogP contribution >= 0.6 is 0 Å². The highest BCUT2D eigenvalue weighted by molar-refractivity contribution is 5.54. The second kappa shape index (κ2) is 4.23. The number of anilines is 1. The van der Waals surface area contributed by atoms with E-state index in [4.69, 9.17) is 4.74 Å². The number of hydrogen-bond donors (Lipinski definition) is 0. The van der Waals surface area contributed by atoms with Gasteiger partial charge >= 0.3 is 0 Å². The molecular formula is C13H19NO. The normalized spacial score (nSPS) is 21.8. The van der Waals surface area contributed by atoms with Gasteiger partial charge < -0.3 is 9.64 Å². The second-order valence-corrected chi connectivity index (χ2v) is 4.42. The van der Waals surface area contributed by atoms with E-state index in [-0.39, 0.29) is 0 Å². The van der Waals surface area contributed by atoms with Crippen molar-refractivity contribution in [2.45, 2.75) is 26.9 Å². The van der Waals surface area contributed by atoms with Gasteiger partial charge in [-0.3, -0.25) is 0 Å². The lowest BCUT2D eigenvalue weighted by Gasteiger charge is -2.34. The number of aryl methyl sites for hydroxylation is 2. The fourth-order valence-electron chi connectivity index (χ4n) is 2.20. The van der Waals surface area contributed by atoms with Crippen LogP contribution in [0.1, 0.15) is 18.1 Å². The molecule has 0 amide bonds. The molecule has 0 aliphatic carbocycles. The molecule has 0 N–H and O–H groups in total. The highest BCUT2D eigenvalue weighted by Crippen LogP contribution is 2.23. The molecule has 1 aromatic rings. The lowest BCUT2D eigenvalue weighted by atomic mass is 10.1. The standard InChI is InChI=1S/C13H19NO/c1-10-4-5-13(11(2)8-10)14-6-7-15-12(3)9-14/h4-5,8,12H,6-7,9H2,1-3H3/t12-/m1/s1. The van der Waals surface area contributed by atoms with Gasteiger partial charge in [0, 0.05) is 18.8 Å². The number of benzene rings is 1. The third-order valence-corrected chi connectivity index (χ3v) is 2.93. The SMILES string of the molecule is Cc1ccc(N2CCO[C@H](C)C2)c(C)c1. The summed E-state index contributed by atoms with van der Waals surface area (Å²) in [5.41, 5.74) is 4.05. The van der Waals surface area contributed by atoms with Crippen LogP contribution in [-0.4, -0.2) is 25.8 Å². The molecule has 1 fully saturated rings. The highest BCUT2D eigenvalue weighted by Gasteiger charge is 2.17. The van der Waals surface area contributed by atoms with Crippen molar-refractivity contribution >= 4 is 5.69 Å². The van der Waals surface area contributed by atoms with Crippen molar-refractivity contribution in [3.8, 4) is 0 Å². The van der Waals surface area contributed by atoms with Crippen LogP contribution in [0, 0.1) is 13.8 Å². The maximum Gasteiger partial charge on any atom is 0.0722 e. The molecule has 1 heterocycles. The monoisotopic (exact) mass is 205 g/mol. The summed E-state index contributed by atoms with van der Waals surface area (Å²) in [4.78, 5) is 2.42. The lowest BCUT2D eigenvalue weighted by Crippen LogP contribution is -2.41. The molecule has 0 aromatic heterocycles. The average molecular weight is 205 g/mol. The van der Waals surface area contributed by atoms with E-state index < -0.39 is 0 Å². The predicted molar refractivity (Wildman–Crippen MR) is 63.5 cm³/mol. The second-order valence-electron chi connectivity index (χ2n) is 4.42. The maximum atomic E-state index is 5.55. The smallest absolute Gasteiger partial charge is 0.0722 e. The molecule has 0 unspecified atom stereocenters. The maximum absolute atomic E-state index is 5.55. The molecule has 0 spiro atoms. The zero-order valence-electron chi connectivity index (χ0n) is 9.79. The van der Waals surface area contributed by atoms with Crippen LogP contribution in [0.15, 0.2) is 18.2 Å². The van der Waals surface area contributed by atoms with E-state index in [0.29, 0.717) is 6.10 Å². The fraction of sp³-hybridized carbons (Fsp3) is 0.538. The summed E-state index contributed by atoms with van der Waals surface area (Å²) in [7, 11) is 0. The average Bonchev–Trinajstić information content (AvgIpc) is 2.17. The van der Waals surface area contributed by atoms with Gasteiger partial charge in [0.15, 0.2) is 0 Å². The molecule has 15 heavy (non-hydrogen) atoms. The summed E-state index contributed by atoms with van der Waals surface area (Å²) in [6.07, 6.45) is 0.347. The summed E-state index contributed by atoms with van der Waals surface area (Å²) >= 11 is 0. The Hall–Kier alpha value is -1.02. The first-order valence-corrected chi connectivity index (χ1v) is 5.60. The molecule has 0 radical (unpaired) electrons. The van der Waals surface area contributed by atoms with E-state index in [9.17, 15) is 0 Å². The van der Waals surface area contributed by atoms with Crippen LogP contribution in [0.2, 0.25) is 0 Å². The quantitative estimate of drug-likeness (QED) is 0.698. The summed E-state index contributed by atoms with van der Waals surface area (Å²) < 4.78 is 5.55. The number of nitrogens with zero attached hydrogens (tertiary/aromatic N) is 1. The minimum Gasteiger partial charge on any atom is -0.375 e. The summed E-state index contributed by atoms with van der Waals surface area (Å²) in [6, 6.07) is 6.65. The molecule has 0 bridgehead atoms.